The third-order valence-electron chi connectivity index (χ3n) is 11.0. The molecule has 0 aliphatic heterocycles. The summed E-state index contributed by atoms with van der Waals surface area (Å²) in [6, 6.07) is 56.0. The van der Waals surface area contributed by atoms with Gasteiger partial charge in [-0.1, -0.05) is 12.1 Å². The summed E-state index contributed by atoms with van der Waals surface area (Å²) in [5, 5.41) is 10.3. The molecule has 1 aliphatic rings. The Labute approximate surface area is 295 Å². The van der Waals surface area contributed by atoms with Crippen molar-refractivity contribution in [3.05, 3.63) is 163 Å². The first-order valence-corrected chi connectivity index (χ1v) is 19.0. The predicted molar refractivity (Wildman–Crippen MR) is 213 cm³/mol. The van der Waals surface area contributed by atoms with E-state index in [9.17, 15) is 0 Å². The van der Waals surface area contributed by atoms with Crippen LogP contribution in [-0.2, 0) is 5.41 Å². The Morgan fingerprint density at radius 3 is 2.16 bits per heavy atom. The predicted octanol–water partition coefficient (Wildman–Crippen LogP) is 13.0. The Kier molecular flexibility index (Phi) is 5.77. The number of para-hydroxylation sites is 2. The van der Waals surface area contributed by atoms with Crippen LogP contribution in [0.5, 0.6) is 0 Å². The van der Waals surface area contributed by atoms with Gasteiger partial charge in [-0.3, -0.25) is 0 Å². The van der Waals surface area contributed by atoms with E-state index < -0.39 is 0 Å². The van der Waals surface area contributed by atoms with E-state index in [1.54, 1.807) is 0 Å². The number of furan rings is 1. The van der Waals surface area contributed by atoms with E-state index in [1.165, 1.54) is 63.1 Å². The van der Waals surface area contributed by atoms with Crippen molar-refractivity contribution in [3.8, 4) is 11.1 Å². The summed E-state index contributed by atoms with van der Waals surface area (Å²) in [4.78, 5) is 2.42. The SMILES string of the molecule is CC1(C)c2ccccc2-c2ccc(N(c3ccc4ccc5ccc6c7ccccc7[se]c6c5c4c3)c3cccc4c3oc3ccccc34)cc21. The van der Waals surface area contributed by atoms with E-state index in [4.69, 9.17) is 4.42 Å². The van der Waals surface area contributed by atoms with Gasteiger partial charge in [-0.2, -0.15) is 0 Å². The zero-order chi connectivity index (χ0) is 33.1. The molecule has 0 spiro atoms. The molecule has 236 valence electrons. The Bertz CT molecular complexity index is 3030. The van der Waals surface area contributed by atoms with Crippen molar-refractivity contribution in [2.24, 2.45) is 0 Å². The Morgan fingerprint density at radius 2 is 1.22 bits per heavy atom. The number of benzene rings is 8. The van der Waals surface area contributed by atoms with Crippen LogP contribution in [0.1, 0.15) is 25.0 Å². The molecule has 50 heavy (non-hydrogen) atoms. The fraction of sp³-hybridized carbons (Fsp3) is 0.0638. The van der Waals surface area contributed by atoms with Crippen LogP contribution in [0, 0.1) is 0 Å². The molecule has 11 rings (SSSR count). The number of rotatable bonds is 3. The molecule has 2 aromatic heterocycles. The maximum atomic E-state index is 6.71. The molecule has 0 N–H and O–H groups in total. The second kappa shape index (κ2) is 10.2. The number of nitrogens with zero attached hydrogens (tertiary/aromatic N) is 1. The Balaban J connectivity index is 1.21. The van der Waals surface area contributed by atoms with Crippen LogP contribution in [0.2, 0.25) is 0 Å². The minimum atomic E-state index is -0.115. The summed E-state index contributed by atoms with van der Waals surface area (Å²) in [6.07, 6.45) is 0. The summed E-state index contributed by atoms with van der Waals surface area (Å²) in [5.41, 5.74) is 10.3. The minimum absolute atomic E-state index is 0.115. The fourth-order valence-corrected chi connectivity index (χ4v) is 11.3. The van der Waals surface area contributed by atoms with Crippen molar-refractivity contribution < 1.29 is 4.42 Å². The van der Waals surface area contributed by atoms with Gasteiger partial charge < -0.3 is 0 Å². The maximum absolute atomic E-state index is 6.71. The molecule has 0 saturated heterocycles. The summed E-state index contributed by atoms with van der Waals surface area (Å²) >= 11 is 0.246. The third kappa shape index (κ3) is 3.85. The van der Waals surface area contributed by atoms with E-state index >= 15 is 0 Å². The summed E-state index contributed by atoms with van der Waals surface area (Å²) in [5.74, 6) is 0. The monoisotopic (exact) mass is 705 g/mol. The molecule has 0 radical (unpaired) electrons. The van der Waals surface area contributed by atoms with E-state index in [0.717, 1.165) is 39.0 Å². The Morgan fingerprint density at radius 1 is 0.520 bits per heavy atom. The van der Waals surface area contributed by atoms with Gasteiger partial charge in [0.05, 0.1) is 0 Å². The molecule has 0 atom stereocenters. The van der Waals surface area contributed by atoms with Crippen LogP contribution >= 0.6 is 0 Å². The molecule has 0 unspecified atom stereocenters. The quantitative estimate of drug-likeness (QED) is 0.134. The molecule has 8 aromatic carbocycles. The normalized spacial score (nSPS) is 13.6. The van der Waals surface area contributed by atoms with Gasteiger partial charge >= 0.3 is 285 Å². The van der Waals surface area contributed by atoms with Crippen molar-refractivity contribution in [1.29, 1.82) is 0 Å². The molecule has 0 bridgehead atoms. The van der Waals surface area contributed by atoms with Gasteiger partial charge in [0.15, 0.2) is 0 Å². The zero-order valence-electron chi connectivity index (χ0n) is 27.7. The number of fused-ring (bicyclic) bond motifs is 13. The van der Waals surface area contributed by atoms with Crippen LogP contribution in [0.4, 0.5) is 17.1 Å². The van der Waals surface area contributed by atoms with Crippen LogP contribution in [0.25, 0.3) is 73.9 Å². The molecule has 0 saturated carbocycles. The van der Waals surface area contributed by atoms with Gasteiger partial charge in [0, 0.05) is 0 Å². The van der Waals surface area contributed by atoms with Gasteiger partial charge in [0.1, 0.15) is 0 Å². The average molecular weight is 705 g/mol. The van der Waals surface area contributed by atoms with Crippen LogP contribution in [-0.4, -0.2) is 14.5 Å². The first-order valence-electron chi connectivity index (χ1n) is 17.3. The van der Waals surface area contributed by atoms with Gasteiger partial charge in [-0.15, -0.1) is 0 Å². The summed E-state index contributed by atoms with van der Waals surface area (Å²) in [7, 11) is 0. The Hall–Kier alpha value is -5.60. The van der Waals surface area contributed by atoms with Crippen molar-refractivity contribution in [3.63, 3.8) is 0 Å². The first-order chi connectivity index (χ1) is 24.5. The summed E-state index contributed by atoms with van der Waals surface area (Å²) in [6.45, 7) is 4.71. The molecule has 10 aromatic rings. The zero-order valence-corrected chi connectivity index (χ0v) is 29.4. The second-order valence-electron chi connectivity index (χ2n) is 14.1. The van der Waals surface area contributed by atoms with Gasteiger partial charge in [0.2, 0.25) is 0 Å². The molecular formula is C47H31NOSe. The van der Waals surface area contributed by atoms with Crippen molar-refractivity contribution >= 4 is 94.3 Å². The number of anilines is 3. The second-order valence-corrected chi connectivity index (χ2v) is 16.3. The molecule has 0 fully saturated rings. The first kappa shape index (κ1) is 28.3. The van der Waals surface area contributed by atoms with E-state index in [2.05, 4.69) is 170 Å². The number of hydrogen-bond acceptors (Lipinski definition) is 2. The van der Waals surface area contributed by atoms with Gasteiger partial charge in [-0.05, 0) is 0 Å². The van der Waals surface area contributed by atoms with Crippen molar-refractivity contribution in [2.75, 3.05) is 4.90 Å². The van der Waals surface area contributed by atoms with E-state index in [0.29, 0.717) is 0 Å². The fourth-order valence-electron chi connectivity index (χ4n) is 8.61. The molecule has 0 amide bonds. The molecule has 2 nitrogen and oxygen atoms in total. The van der Waals surface area contributed by atoms with Gasteiger partial charge in [0.25, 0.3) is 0 Å². The third-order valence-corrected chi connectivity index (χ3v) is 13.6. The average Bonchev–Trinajstić information content (AvgIpc) is 3.80. The van der Waals surface area contributed by atoms with Crippen molar-refractivity contribution in [2.45, 2.75) is 19.3 Å². The van der Waals surface area contributed by atoms with Gasteiger partial charge in [-0.25, -0.2) is 0 Å². The standard InChI is InChI=1S/C47H31NOSe/c1-47(2)39-14-6-3-10-32(39)33-25-23-31(27-40(33)47)48(41-15-9-13-36-34-11-4-7-16-42(34)49-45(36)41)30-22-20-28-18-19-29-21-24-37-35-12-5-8-17-43(35)50-46(37)44(29)38(28)26-30/h3-27H,1-2H3. The topological polar surface area (TPSA) is 16.4 Å². The summed E-state index contributed by atoms with van der Waals surface area (Å²) < 4.78 is 9.66. The van der Waals surface area contributed by atoms with Crippen molar-refractivity contribution in [1.82, 2.24) is 0 Å². The molecule has 2 heterocycles. The number of hydrogen-bond donors (Lipinski definition) is 0. The van der Waals surface area contributed by atoms with E-state index in [-0.39, 0.29) is 19.9 Å². The van der Waals surface area contributed by atoms with E-state index in [1.807, 2.05) is 0 Å². The molecule has 1 aliphatic carbocycles. The molecular weight excluding hydrogens is 673 g/mol. The molecule has 3 heteroatoms. The van der Waals surface area contributed by atoms with Crippen LogP contribution in [0.3, 0.4) is 0 Å². The van der Waals surface area contributed by atoms with Crippen LogP contribution in [0.15, 0.2) is 156 Å². The van der Waals surface area contributed by atoms with Crippen LogP contribution < -0.4 is 4.90 Å².